The topological polar surface area (TPSA) is 40.6 Å². The van der Waals surface area contributed by atoms with Gasteiger partial charge >= 0.3 is 6.18 Å². The highest BCUT2D eigenvalue weighted by Gasteiger charge is 2.41. The fraction of sp³-hybridized carbons (Fsp3) is 0.333. The standard InChI is InChI=1S/C21H19F3N2O2/c1-13(21(22,23)24)25-8-10-26(11-9-25)20(28)14-6-7-16-15-4-2-3-5-17(15)19(27)18(16)12-14/h2-7,12-13H,8-11H2,1H3. The van der Waals surface area contributed by atoms with Gasteiger partial charge in [-0.3, -0.25) is 14.5 Å². The van der Waals surface area contributed by atoms with Crippen LogP contribution in [0.4, 0.5) is 13.2 Å². The van der Waals surface area contributed by atoms with Gasteiger partial charge in [0.2, 0.25) is 0 Å². The first-order valence-corrected chi connectivity index (χ1v) is 9.15. The highest BCUT2D eigenvalue weighted by atomic mass is 19.4. The van der Waals surface area contributed by atoms with Gasteiger partial charge in [0.15, 0.2) is 5.78 Å². The fourth-order valence-electron chi connectivity index (χ4n) is 3.86. The third-order valence-corrected chi connectivity index (χ3v) is 5.60. The molecule has 1 aliphatic carbocycles. The summed E-state index contributed by atoms with van der Waals surface area (Å²) in [7, 11) is 0. The molecule has 1 fully saturated rings. The van der Waals surface area contributed by atoms with Gasteiger partial charge in [-0.05, 0) is 30.2 Å². The summed E-state index contributed by atoms with van der Waals surface area (Å²) in [5.41, 5.74) is 3.17. The summed E-state index contributed by atoms with van der Waals surface area (Å²) in [5.74, 6) is -0.366. The molecule has 1 heterocycles. The van der Waals surface area contributed by atoms with E-state index in [4.69, 9.17) is 0 Å². The number of rotatable bonds is 2. The second kappa shape index (κ2) is 6.74. The summed E-state index contributed by atoms with van der Waals surface area (Å²) in [5, 5.41) is 0. The number of piperazine rings is 1. The van der Waals surface area contributed by atoms with E-state index in [2.05, 4.69) is 0 Å². The molecule has 0 radical (unpaired) electrons. The summed E-state index contributed by atoms with van der Waals surface area (Å²) in [4.78, 5) is 28.3. The minimum absolute atomic E-state index is 0.107. The van der Waals surface area contributed by atoms with E-state index in [0.29, 0.717) is 16.7 Å². The quantitative estimate of drug-likeness (QED) is 0.674. The van der Waals surface area contributed by atoms with Crippen molar-refractivity contribution in [2.45, 2.75) is 19.1 Å². The lowest BCUT2D eigenvalue weighted by Crippen LogP contribution is -2.54. The number of carbonyl (C=O) groups excluding carboxylic acids is 2. The van der Waals surface area contributed by atoms with E-state index in [9.17, 15) is 22.8 Å². The molecule has 7 heteroatoms. The van der Waals surface area contributed by atoms with Crippen LogP contribution in [0, 0.1) is 0 Å². The Balaban J connectivity index is 1.50. The number of fused-ring (bicyclic) bond motifs is 3. The van der Waals surface area contributed by atoms with Crippen molar-refractivity contribution in [3.8, 4) is 11.1 Å². The maximum absolute atomic E-state index is 12.9. The highest BCUT2D eigenvalue weighted by Crippen LogP contribution is 2.37. The van der Waals surface area contributed by atoms with Gasteiger partial charge in [-0.25, -0.2) is 0 Å². The number of alkyl halides is 3. The summed E-state index contributed by atoms with van der Waals surface area (Å²) < 4.78 is 38.6. The molecule has 2 aromatic rings. The van der Waals surface area contributed by atoms with Crippen LogP contribution >= 0.6 is 0 Å². The summed E-state index contributed by atoms with van der Waals surface area (Å²) in [6.07, 6.45) is -4.28. The first-order valence-electron chi connectivity index (χ1n) is 9.15. The van der Waals surface area contributed by atoms with Crippen LogP contribution < -0.4 is 0 Å². The zero-order valence-electron chi connectivity index (χ0n) is 15.3. The van der Waals surface area contributed by atoms with Gasteiger partial charge in [0.05, 0.1) is 0 Å². The fourth-order valence-corrected chi connectivity index (χ4v) is 3.86. The molecule has 1 unspecified atom stereocenters. The van der Waals surface area contributed by atoms with Gasteiger partial charge in [-0.1, -0.05) is 30.3 Å². The van der Waals surface area contributed by atoms with Crippen molar-refractivity contribution < 1.29 is 22.8 Å². The van der Waals surface area contributed by atoms with E-state index in [-0.39, 0.29) is 37.9 Å². The average molecular weight is 388 g/mol. The van der Waals surface area contributed by atoms with Crippen molar-refractivity contribution in [2.75, 3.05) is 26.2 Å². The van der Waals surface area contributed by atoms with Gasteiger partial charge in [0.1, 0.15) is 6.04 Å². The highest BCUT2D eigenvalue weighted by molar-refractivity contribution is 6.22. The molecule has 2 aromatic carbocycles. The zero-order valence-corrected chi connectivity index (χ0v) is 15.3. The van der Waals surface area contributed by atoms with Crippen molar-refractivity contribution in [1.82, 2.24) is 9.80 Å². The van der Waals surface area contributed by atoms with E-state index >= 15 is 0 Å². The second-order valence-corrected chi connectivity index (χ2v) is 7.18. The van der Waals surface area contributed by atoms with Crippen LogP contribution in [0.2, 0.25) is 0 Å². The van der Waals surface area contributed by atoms with Crippen LogP contribution in [-0.2, 0) is 0 Å². The number of benzene rings is 2. The number of nitrogens with zero attached hydrogens (tertiary/aromatic N) is 2. The molecule has 4 nitrogen and oxygen atoms in total. The third-order valence-electron chi connectivity index (χ3n) is 5.60. The Hall–Kier alpha value is -2.67. The number of amides is 1. The summed E-state index contributed by atoms with van der Waals surface area (Å²) >= 11 is 0. The van der Waals surface area contributed by atoms with Gasteiger partial charge in [0.25, 0.3) is 5.91 Å². The molecule has 1 atom stereocenters. The predicted molar refractivity (Wildman–Crippen MR) is 98.3 cm³/mol. The Morgan fingerprint density at radius 3 is 2.18 bits per heavy atom. The molecule has 0 bridgehead atoms. The first kappa shape index (κ1) is 18.7. The summed E-state index contributed by atoms with van der Waals surface area (Å²) in [6.45, 7) is 1.93. The van der Waals surface area contributed by atoms with E-state index in [1.165, 1.54) is 4.90 Å². The van der Waals surface area contributed by atoms with Crippen molar-refractivity contribution in [3.05, 3.63) is 59.2 Å². The molecule has 0 saturated carbocycles. The molecule has 0 aromatic heterocycles. The Morgan fingerprint density at radius 2 is 1.54 bits per heavy atom. The molecule has 1 aliphatic heterocycles. The number of ketones is 1. The maximum Gasteiger partial charge on any atom is 0.403 e. The van der Waals surface area contributed by atoms with Crippen molar-refractivity contribution in [3.63, 3.8) is 0 Å². The molecule has 1 saturated heterocycles. The smallest absolute Gasteiger partial charge is 0.336 e. The Labute approximate surface area is 160 Å². The van der Waals surface area contributed by atoms with E-state index in [1.54, 1.807) is 35.2 Å². The van der Waals surface area contributed by atoms with Crippen LogP contribution in [0.15, 0.2) is 42.5 Å². The predicted octanol–water partition coefficient (Wildman–Crippen LogP) is 3.61. The Bertz CT molecular complexity index is 947. The molecule has 4 rings (SSSR count). The van der Waals surface area contributed by atoms with Gasteiger partial charge in [-0.2, -0.15) is 13.2 Å². The number of carbonyl (C=O) groups is 2. The molecule has 28 heavy (non-hydrogen) atoms. The Morgan fingerprint density at radius 1 is 0.929 bits per heavy atom. The van der Waals surface area contributed by atoms with E-state index < -0.39 is 12.2 Å². The zero-order chi connectivity index (χ0) is 20.1. The number of hydrogen-bond acceptors (Lipinski definition) is 3. The molecular weight excluding hydrogens is 369 g/mol. The third kappa shape index (κ3) is 3.09. The van der Waals surface area contributed by atoms with Crippen molar-refractivity contribution in [1.29, 1.82) is 0 Å². The lowest BCUT2D eigenvalue weighted by molar-refractivity contribution is -0.181. The van der Waals surface area contributed by atoms with Crippen LogP contribution in [0.5, 0.6) is 0 Å². The maximum atomic E-state index is 12.9. The molecule has 0 N–H and O–H groups in total. The van der Waals surface area contributed by atoms with Crippen LogP contribution in [0.1, 0.15) is 33.2 Å². The average Bonchev–Trinajstić information content (AvgIpc) is 2.98. The molecule has 146 valence electrons. The lowest BCUT2D eigenvalue weighted by Gasteiger charge is -2.38. The van der Waals surface area contributed by atoms with E-state index in [1.807, 2.05) is 12.1 Å². The van der Waals surface area contributed by atoms with Crippen LogP contribution in [-0.4, -0.2) is 59.9 Å². The van der Waals surface area contributed by atoms with Crippen LogP contribution in [0.3, 0.4) is 0 Å². The molecular formula is C21H19F3N2O2. The minimum atomic E-state index is -4.28. The molecule has 0 spiro atoms. The normalized spacial score (nSPS) is 18.0. The second-order valence-electron chi connectivity index (χ2n) is 7.18. The van der Waals surface area contributed by atoms with Gasteiger partial charge in [-0.15, -0.1) is 0 Å². The van der Waals surface area contributed by atoms with Crippen molar-refractivity contribution >= 4 is 11.7 Å². The number of hydrogen-bond donors (Lipinski definition) is 0. The summed E-state index contributed by atoms with van der Waals surface area (Å²) in [6, 6.07) is 10.8. The van der Waals surface area contributed by atoms with Gasteiger partial charge in [0, 0.05) is 42.9 Å². The van der Waals surface area contributed by atoms with Gasteiger partial charge < -0.3 is 4.90 Å². The SMILES string of the molecule is CC(N1CCN(C(=O)c2ccc3c(c2)C(=O)c2ccccc2-3)CC1)C(F)(F)F. The van der Waals surface area contributed by atoms with Crippen LogP contribution in [0.25, 0.3) is 11.1 Å². The minimum Gasteiger partial charge on any atom is -0.336 e. The monoisotopic (exact) mass is 388 g/mol. The van der Waals surface area contributed by atoms with Crippen molar-refractivity contribution in [2.24, 2.45) is 0 Å². The number of halogens is 3. The van der Waals surface area contributed by atoms with E-state index in [0.717, 1.165) is 18.1 Å². The first-order chi connectivity index (χ1) is 13.3. The largest absolute Gasteiger partial charge is 0.403 e. The Kier molecular flexibility index (Phi) is 4.50. The molecule has 2 aliphatic rings. The lowest BCUT2D eigenvalue weighted by atomic mass is 10.0. The molecule has 1 amide bonds.